The molecule has 0 aromatic heterocycles. The summed E-state index contributed by atoms with van der Waals surface area (Å²) in [6.07, 6.45) is 0.413. The van der Waals surface area contributed by atoms with Gasteiger partial charge in [0, 0.05) is 18.4 Å². The van der Waals surface area contributed by atoms with Crippen LogP contribution in [0.5, 0.6) is 0 Å². The highest BCUT2D eigenvalue weighted by molar-refractivity contribution is 5.74. The average Bonchev–Trinajstić information content (AvgIpc) is 2.81. The van der Waals surface area contributed by atoms with Crippen LogP contribution in [0.2, 0.25) is 0 Å². The van der Waals surface area contributed by atoms with Gasteiger partial charge in [-0.15, -0.1) is 0 Å². The van der Waals surface area contributed by atoms with Crippen molar-refractivity contribution < 1.29 is 9.53 Å². The second kappa shape index (κ2) is 4.06. The van der Waals surface area contributed by atoms with Crippen LogP contribution in [0.1, 0.15) is 31.0 Å². The van der Waals surface area contributed by atoms with Gasteiger partial charge in [0.25, 0.3) is 0 Å². The highest BCUT2D eigenvalue weighted by Gasteiger charge is 2.47. The third kappa shape index (κ3) is 1.65. The van der Waals surface area contributed by atoms with Crippen LogP contribution in [0.3, 0.4) is 0 Å². The molecule has 1 aromatic rings. The molecule has 18 heavy (non-hydrogen) atoms. The molecule has 0 radical (unpaired) electrons. The number of ether oxygens (including phenoxy) is 1. The minimum Gasteiger partial charge on any atom is -0.442 e. The van der Waals surface area contributed by atoms with Crippen LogP contribution in [0, 0.1) is 17.9 Å². The molecule has 3 rings (SSSR count). The van der Waals surface area contributed by atoms with Crippen molar-refractivity contribution in [2.24, 2.45) is 5.92 Å². The lowest BCUT2D eigenvalue weighted by atomic mass is 10.1. The van der Waals surface area contributed by atoms with Crippen LogP contribution < -0.4 is 0 Å². The van der Waals surface area contributed by atoms with Gasteiger partial charge in [0.2, 0.25) is 0 Å². The van der Waals surface area contributed by atoms with E-state index in [9.17, 15) is 4.79 Å². The van der Waals surface area contributed by atoms with Crippen molar-refractivity contribution >= 4 is 6.09 Å². The smallest absolute Gasteiger partial charge is 0.422 e. The van der Waals surface area contributed by atoms with Gasteiger partial charge in [0.05, 0.1) is 0 Å². The van der Waals surface area contributed by atoms with Gasteiger partial charge in [-0.05, 0) is 11.1 Å². The Morgan fingerprint density at radius 2 is 2.17 bits per heavy atom. The summed E-state index contributed by atoms with van der Waals surface area (Å²) >= 11 is 0. The van der Waals surface area contributed by atoms with Crippen molar-refractivity contribution in [1.82, 2.24) is 4.90 Å². The summed E-state index contributed by atoms with van der Waals surface area (Å²) in [4.78, 5) is 13.4. The molecular formula is C15H15NO2. The number of hydrogen-bond donors (Lipinski definition) is 0. The van der Waals surface area contributed by atoms with Crippen molar-refractivity contribution in [3.05, 3.63) is 35.4 Å². The first-order chi connectivity index (χ1) is 8.66. The highest BCUT2D eigenvalue weighted by atomic mass is 16.6. The van der Waals surface area contributed by atoms with Gasteiger partial charge in [0.1, 0.15) is 12.1 Å². The maximum atomic E-state index is 11.8. The van der Waals surface area contributed by atoms with Crippen molar-refractivity contribution in [1.29, 1.82) is 0 Å². The summed E-state index contributed by atoms with van der Waals surface area (Å²) in [6.45, 7) is 4.02. The van der Waals surface area contributed by atoms with Crippen molar-refractivity contribution in [2.75, 3.05) is 0 Å². The molecule has 1 amide bonds. The van der Waals surface area contributed by atoms with Crippen LogP contribution in [0.15, 0.2) is 24.3 Å². The normalized spacial score (nSPS) is 24.4. The minimum absolute atomic E-state index is 0.0278. The number of fused-ring (bicyclic) bond motifs is 3. The Morgan fingerprint density at radius 3 is 2.94 bits per heavy atom. The second-order valence-electron chi connectivity index (χ2n) is 5.05. The lowest BCUT2D eigenvalue weighted by Crippen LogP contribution is -2.22. The number of carbonyl (C=O) groups excluding carboxylic acids is 1. The summed E-state index contributed by atoms with van der Waals surface area (Å²) < 4.78 is 5.40. The molecule has 0 bridgehead atoms. The zero-order chi connectivity index (χ0) is 12.7. The van der Waals surface area contributed by atoms with E-state index in [1.54, 1.807) is 4.90 Å². The molecular weight excluding hydrogens is 226 g/mol. The minimum atomic E-state index is -0.312. The van der Waals surface area contributed by atoms with E-state index < -0.39 is 0 Å². The molecule has 0 N–H and O–H groups in total. The molecule has 1 heterocycles. The van der Waals surface area contributed by atoms with Crippen LogP contribution in [0.25, 0.3) is 0 Å². The van der Waals surface area contributed by atoms with Gasteiger partial charge >= 0.3 is 6.09 Å². The molecule has 1 aliphatic carbocycles. The molecule has 3 heteroatoms. The van der Waals surface area contributed by atoms with Crippen molar-refractivity contribution in [2.45, 2.75) is 32.4 Å². The molecule has 0 unspecified atom stereocenters. The standard InChI is InChI=1S/C15H15NO2/c1-10(2)7-8-16-14-12-6-4-3-5-11(12)9-13(14)18-15(16)17/h3-6,10,13-14H,9H2,1-2H3/t13-,14+/m1/s1. The van der Waals surface area contributed by atoms with Gasteiger partial charge in [-0.3, -0.25) is 0 Å². The monoisotopic (exact) mass is 241 g/mol. The first-order valence-electron chi connectivity index (χ1n) is 6.25. The topological polar surface area (TPSA) is 29.5 Å². The molecule has 1 fully saturated rings. The molecule has 0 spiro atoms. The number of carbonyl (C=O) groups is 1. The summed E-state index contributed by atoms with van der Waals surface area (Å²) in [5.74, 6) is 3.28. The van der Waals surface area contributed by atoms with Gasteiger partial charge in [-0.1, -0.05) is 44.0 Å². The SMILES string of the molecule is CC(C)C#CN1C(=O)O[C@@H]2Cc3ccccc3[C@@H]21. The van der Waals surface area contributed by atoms with E-state index in [0.717, 1.165) is 6.42 Å². The van der Waals surface area contributed by atoms with Gasteiger partial charge < -0.3 is 4.74 Å². The Labute approximate surface area is 107 Å². The molecule has 92 valence electrons. The first kappa shape index (κ1) is 11.2. The fourth-order valence-electron chi connectivity index (χ4n) is 2.56. The number of nitrogens with zero attached hydrogens (tertiary/aromatic N) is 1. The lowest BCUT2D eigenvalue weighted by Gasteiger charge is -2.14. The first-order valence-corrected chi connectivity index (χ1v) is 6.25. The van der Waals surface area contributed by atoms with E-state index in [1.165, 1.54) is 11.1 Å². The summed E-state index contributed by atoms with van der Waals surface area (Å²) in [6, 6.07) is 11.1. The Balaban J connectivity index is 1.98. The highest BCUT2D eigenvalue weighted by Crippen LogP contribution is 2.41. The molecule has 1 aliphatic heterocycles. The molecule has 2 aliphatic rings. The summed E-state index contributed by atoms with van der Waals surface area (Å²) in [7, 11) is 0. The predicted octanol–water partition coefficient (Wildman–Crippen LogP) is 2.72. The van der Waals surface area contributed by atoms with E-state index in [0.29, 0.717) is 0 Å². The fraction of sp³-hybridized carbons (Fsp3) is 0.400. The van der Waals surface area contributed by atoms with Crippen LogP contribution in [0.4, 0.5) is 4.79 Å². The Morgan fingerprint density at radius 1 is 1.39 bits per heavy atom. The lowest BCUT2D eigenvalue weighted by molar-refractivity contribution is 0.134. The van der Waals surface area contributed by atoms with Gasteiger partial charge in [-0.2, -0.15) is 0 Å². The van der Waals surface area contributed by atoms with E-state index in [2.05, 4.69) is 24.1 Å². The fourth-order valence-corrected chi connectivity index (χ4v) is 2.56. The maximum Gasteiger partial charge on any atom is 0.422 e. The number of hydrogen-bond acceptors (Lipinski definition) is 2. The van der Waals surface area contributed by atoms with E-state index in [-0.39, 0.29) is 24.2 Å². The van der Waals surface area contributed by atoms with E-state index in [1.807, 2.05) is 26.0 Å². The summed E-state index contributed by atoms with van der Waals surface area (Å²) in [5, 5.41) is 0. The van der Waals surface area contributed by atoms with Crippen molar-refractivity contribution in [3.63, 3.8) is 0 Å². The van der Waals surface area contributed by atoms with E-state index in [4.69, 9.17) is 4.74 Å². The van der Waals surface area contributed by atoms with E-state index >= 15 is 0 Å². The number of rotatable bonds is 0. The zero-order valence-electron chi connectivity index (χ0n) is 10.5. The zero-order valence-corrected chi connectivity index (χ0v) is 10.5. The third-order valence-electron chi connectivity index (χ3n) is 3.35. The van der Waals surface area contributed by atoms with Gasteiger partial charge in [0.15, 0.2) is 0 Å². The Hall–Kier alpha value is -1.95. The maximum absolute atomic E-state index is 11.8. The summed E-state index contributed by atoms with van der Waals surface area (Å²) in [5.41, 5.74) is 2.43. The molecule has 1 aromatic carbocycles. The van der Waals surface area contributed by atoms with Gasteiger partial charge in [-0.25, -0.2) is 9.69 Å². The third-order valence-corrected chi connectivity index (χ3v) is 3.35. The van der Waals surface area contributed by atoms with Crippen molar-refractivity contribution in [3.8, 4) is 12.0 Å². The molecule has 1 saturated heterocycles. The molecule has 0 saturated carbocycles. The number of amides is 1. The average molecular weight is 241 g/mol. The predicted molar refractivity (Wildman–Crippen MR) is 67.6 cm³/mol. The molecule has 2 atom stereocenters. The Bertz CT molecular complexity index is 553. The quantitative estimate of drug-likeness (QED) is 0.654. The number of benzene rings is 1. The van der Waals surface area contributed by atoms with Crippen LogP contribution in [-0.2, 0) is 11.2 Å². The second-order valence-corrected chi connectivity index (χ2v) is 5.05. The van der Waals surface area contributed by atoms with Crippen LogP contribution in [-0.4, -0.2) is 17.1 Å². The Kier molecular flexibility index (Phi) is 2.52. The largest absolute Gasteiger partial charge is 0.442 e. The molecule has 3 nitrogen and oxygen atoms in total. The van der Waals surface area contributed by atoms with Crippen LogP contribution >= 0.6 is 0 Å².